The molecule has 1 unspecified atom stereocenters. The van der Waals surface area contributed by atoms with E-state index in [1.54, 1.807) is 31.4 Å². The summed E-state index contributed by atoms with van der Waals surface area (Å²) in [5.41, 5.74) is -2.73. The molecule has 3 rings (SSSR count). The number of ether oxygens (including phenoxy) is 2. The second-order valence-corrected chi connectivity index (χ2v) is 11.0. The molecule has 1 aliphatic rings. The number of benzene rings is 2. The second-order valence-electron chi connectivity index (χ2n) is 5.25. The van der Waals surface area contributed by atoms with E-state index in [1.165, 1.54) is 6.07 Å². The molecule has 2 aromatic rings. The van der Waals surface area contributed by atoms with Gasteiger partial charge in [-0.15, -0.1) is 0 Å². The van der Waals surface area contributed by atoms with Crippen molar-refractivity contribution < 1.29 is 22.8 Å². The first-order valence-electron chi connectivity index (χ1n) is 7.83. The molecule has 9 heteroatoms. The maximum atomic E-state index is 13.6. The number of hydrogen-bond donors (Lipinski definition) is 2. The van der Waals surface area contributed by atoms with Gasteiger partial charge in [0, 0.05) is 24.5 Å². The van der Waals surface area contributed by atoms with Crippen LogP contribution in [0.5, 0.6) is 11.5 Å². The Morgan fingerprint density at radius 3 is 2.23 bits per heavy atom. The SMILES string of the molecule is C1COCCN1.COc1ccc(P(=S)(S)Oc2ccc(F)cc2F)cc1. The van der Waals surface area contributed by atoms with Crippen LogP contribution in [0.3, 0.4) is 0 Å². The lowest BCUT2D eigenvalue weighted by atomic mass is 10.3. The van der Waals surface area contributed by atoms with Gasteiger partial charge in [0.2, 0.25) is 0 Å². The van der Waals surface area contributed by atoms with Crippen LogP contribution in [0.1, 0.15) is 0 Å². The fourth-order valence-electron chi connectivity index (χ4n) is 2.02. The van der Waals surface area contributed by atoms with Crippen molar-refractivity contribution in [1.29, 1.82) is 0 Å². The number of rotatable bonds is 4. The average molecular weight is 419 g/mol. The number of nitrogens with one attached hydrogen (secondary N) is 1. The van der Waals surface area contributed by atoms with Gasteiger partial charge >= 0.3 is 0 Å². The zero-order valence-corrected chi connectivity index (χ0v) is 16.8. The predicted octanol–water partition coefficient (Wildman–Crippen LogP) is 3.52. The fourth-order valence-corrected chi connectivity index (χ4v) is 4.34. The van der Waals surface area contributed by atoms with Crippen molar-refractivity contribution in [2.24, 2.45) is 0 Å². The van der Waals surface area contributed by atoms with Gasteiger partial charge in [0.25, 0.3) is 0 Å². The molecule has 0 aliphatic carbocycles. The first-order valence-corrected chi connectivity index (χ1v) is 11.7. The molecule has 0 bridgehead atoms. The Morgan fingerprint density at radius 1 is 1.12 bits per heavy atom. The first kappa shape index (κ1) is 21.1. The highest BCUT2D eigenvalue weighted by Crippen LogP contribution is 2.51. The van der Waals surface area contributed by atoms with Gasteiger partial charge in [-0.2, -0.15) is 0 Å². The Balaban J connectivity index is 0.000000342. The standard InChI is InChI=1S/C13H11F2O2PS2.C4H9NO/c1-16-10-3-5-11(6-4-10)18(19,20)17-13-7-2-9(14)8-12(13)15;1-3-6-4-2-5-1/h2-8H,1H3,(H,19,20);5H,1-4H2. The summed E-state index contributed by atoms with van der Waals surface area (Å²) in [4.78, 5) is 0. The molecule has 1 heterocycles. The van der Waals surface area contributed by atoms with Crippen molar-refractivity contribution in [3.8, 4) is 11.5 Å². The average Bonchev–Trinajstić information content (AvgIpc) is 2.66. The molecular formula is C17H20F2NO3PS2. The van der Waals surface area contributed by atoms with E-state index in [1.807, 2.05) is 0 Å². The summed E-state index contributed by atoms with van der Waals surface area (Å²) in [6.45, 7) is 3.83. The maximum absolute atomic E-state index is 13.6. The lowest BCUT2D eigenvalue weighted by Gasteiger charge is -2.18. The fraction of sp³-hybridized carbons (Fsp3) is 0.294. The second kappa shape index (κ2) is 10.2. The summed E-state index contributed by atoms with van der Waals surface area (Å²) < 4.78 is 41.9. The first-order chi connectivity index (χ1) is 12.4. The van der Waals surface area contributed by atoms with E-state index in [0.717, 1.165) is 38.4 Å². The van der Waals surface area contributed by atoms with Gasteiger partial charge < -0.3 is 19.3 Å². The summed E-state index contributed by atoms with van der Waals surface area (Å²) in [6, 6.07) is 9.92. The highest BCUT2D eigenvalue weighted by atomic mass is 32.9. The summed E-state index contributed by atoms with van der Waals surface area (Å²) in [5, 5.41) is 3.81. The zero-order valence-electron chi connectivity index (χ0n) is 14.2. The van der Waals surface area contributed by atoms with Gasteiger partial charge in [-0.1, -0.05) is 12.2 Å². The Hall–Kier alpha value is -1.18. The molecule has 2 aromatic carbocycles. The summed E-state index contributed by atoms with van der Waals surface area (Å²) >= 11 is 9.64. The molecule has 0 amide bonds. The molecular weight excluding hydrogens is 399 g/mol. The molecule has 142 valence electrons. The van der Waals surface area contributed by atoms with Gasteiger partial charge in [0.15, 0.2) is 17.0 Å². The Kier molecular flexibility index (Phi) is 8.31. The Bertz CT molecular complexity index is 747. The normalized spacial score (nSPS) is 16.0. The highest BCUT2D eigenvalue weighted by molar-refractivity contribution is 8.64. The van der Waals surface area contributed by atoms with E-state index in [4.69, 9.17) is 25.8 Å². The van der Waals surface area contributed by atoms with Gasteiger partial charge in [0.05, 0.1) is 20.3 Å². The molecule has 0 saturated carbocycles. The van der Waals surface area contributed by atoms with Crippen molar-refractivity contribution in [3.05, 3.63) is 54.1 Å². The van der Waals surface area contributed by atoms with E-state index >= 15 is 0 Å². The molecule has 0 aromatic heterocycles. The zero-order chi connectivity index (χ0) is 19.0. The molecule has 0 spiro atoms. The van der Waals surface area contributed by atoms with Gasteiger partial charge in [-0.05, 0) is 48.2 Å². The summed E-state index contributed by atoms with van der Waals surface area (Å²) in [7, 11) is 1.55. The summed E-state index contributed by atoms with van der Waals surface area (Å²) in [6.07, 6.45) is 0. The molecule has 1 N–H and O–H groups in total. The van der Waals surface area contributed by atoms with Crippen LogP contribution in [0.4, 0.5) is 8.78 Å². The van der Waals surface area contributed by atoms with E-state index < -0.39 is 17.1 Å². The van der Waals surface area contributed by atoms with E-state index in [-0.39, 0.29) is 5.75 Å². The monoisotopic (exact) mass is 419 g/mol. The molecule has 1 aliphatic heterocycles. The van der Waals surface area contributed by atoms with Crippen LogP contribution in [0.2, 0.25) is 0 Å². The van der Waals surface area contributed by atoms with Gasteiger partial charge in [-0.3, -0.25) is 0 Å². The number of hydrogen-bond acceptors (Lipinski definition) is 5. The minimum absolute atomic E-state index is 0.111. The van der Waals surface area contributed by atoms with E-state index in [0.29, 0.717) is 11.1 Å². The maximum Gasteiger partial charge on any atom is 0.193 e. The van der Waals surface area contributed by atoms with Crippen molar-refractivity contribution in [2.45, 2.75) is 0 Å². The largest absolute Gasteiger partial charge is 0.497 e. The number of halogens is 2. The van der Waals surface area contributed by atoms with Crippen molar-refractivity contribution in [2.75, 3.05) is 33.4 Å². The minimum atomic E-state index is -2.73. The molecule has 1 fully saturated rings. The number of morpholine rings is 1. The van der Waals surface area contributed by atoms with E-state index in [2.05, 4.69) is 17.6 Å². The topological polar surface area (TPSA) is 39.7 Å². The lowest BCUT2D eigenvalue weighted by Crippen LogP contribution is -2.30. The van der Waals surface area contributed by atoms with Crippen LogP contribution in [0.15, 0.2) is 42.5 Å². The van der Waals surface area contributed by atoms with Gasteiger partial charge in [-0.25, -0.2) is 8.78 Å². The smallest absolute Gasteiger partial charge is 0.193 e. The minimum Gasteiger partial charge on any atom is -0.497 e. The molecule has 1 atom stereocenters. The summed E-state index contributed by atoms with van der Waals surface area (Å²) in [5.74, 6) is -0.917. The number of methoxy groups -OCH3 is 1. The van der Waals surface area contributed by atoms with Gasteiger partial charge in [0.1, 0.15) is 11.6 Å². The molecule has 1 saturated heterocycles. The lowest BCUT2D eigenvalue weighted by molar-refractivity contribution is 0.109. The molecule has 26 heavy (non-hydrogen) atoms. The molecule has 0 radical (unpaired) electrons. The third-order valence-electron chi connectivity index (χ3n) is 3.36. The third kappa shape index (κ3) is 6.52. The van der Waals surface area contributed by atoms with Crippen LogP contribution in [-0.2, 0) is 16.5 Å². The molecule has 4 nitrogen and oxygen atoms in total. The van der Waals surface area contributed by atoms with Crippen LogP contribution < -0.4 is 19.9 Å². The third-order valence-corrected chi connectivity index (χ3v) is 6.55. The number of thiol groups is 1. The van der Waals surface area contributed by atoms with Crippen LogP contribution in [-0.4, -0.2) is 33.4 Å². The van der Waals surface area contributed by atoms with Crippen molar-refractivity contribution in [3.63, 3.8) is 0 Å². The Morgan fingerprint density at radius 2 is 1.77 bits per heavy atom. The Labute approximate surface area is 162 Å². The van der Waals surface area contributed by atoms with Crippen molar-refractivity contribution in [1.82, 2.24) is 5.32 Å². The van der Waals surface area contributed by atoms with E-state index in [9.17, 15) is 8.78 Å². The van der Waals surface area contributed by atoms with Crippen LogP contribution >= 0.6 is 17.7 Å². The highest BCUT2D eigenvalue weighted by Gasteiger charge is 2.19. The van der Waals surface area contributed by atoms with Crippen LogP contribution in [0.25, 0.3) is 0 Å². The quantitative estimate of drug-likeness (QED) is 0.586. The predicted molar refractivity (Wildman–Crippen MR) is 107 cm³/mol. The van der Waals surface area contributed by atoms with Crippen molar-refractivity contribution >= 4 is 34.8 Å². The van der Waals surface area contributed by atoms with Crippen LogP contribution in [0, 0.1) is 11.6 Å².